The van der Waals surface area contributed by atoms with Crippen LogP contribution in [0.4, 0.5) is 11.4 Å². The summed E-state index contributed by atoms with van der Waals surface area (Å²) in [5.41, 5.74) is 7.65. The first-order chi connectivity index (χ1) is 10.2. The van der Waals surface area contributed by atoms with Gasteiger partial charge in [0.15, 0.2) is 0 Å². The third-order valence-electron chi connectivity index (χ3n) is 5.03. The van der Waals surface area contributed by atoms with Crippen LogP contribution in [0.5, 0.6) is 0 Å². The van der Waals surface area contributed by atoms with Gasteiger partial charge in [0.05, 0.1) is 5.41 Å². The van der Waals surface area contributed by atoms with Crippen LogP contribution >= 0.6 is 0 Å². The van der Waals surface area contributed by atoms with Crippen molar-refractivity contribution >= 4 is 17.3 Å². The minimum Gasteiger partial charge on any atom is -0.372 e. The van der Waals surface area contributed by atoms with Crippen molar-refractivity contribution in [2.45, 2.75) is 38.5 Å². The molecule has 0 unspecified atom stereocenters. The number of hydrogen-bond acceptors (Lipinski definition) is 3. The van der Waals surface area contributed by atoms with E-state index in [1.165, 1.54) is 18.5 Å². The number of carbonyl (C=O) groups excluding carboxylic acids is 1. The molecule has 4 heteroatoms. The molecular formula is C17H25N3O. The number of nitrogens with two attached hydrogens (primary N) is 1. The van der Waals surface area contributed by atoms with Gasteiger partial charge in [0.2, 0.25) is 5.91 Å². The largest absolute Gasteiger partial charge is 0.372 e. The Morgan fingerprint density at radius 2 is 1.71 bits per heavy atom. The zero-order valence-corrected chi connectivity index (χ0v) is 12.6. The van der Waals surface area contributed by atoms with E-state index in [-0.39, 0.29) is 11.3 Å². The molecule has 0 spiro atoms. The van der Waals surface area contributed by atoms with Gasteiger partial charge in [-0.25, -0.2) is 0 Å². The summed E-state index contributed by atoms with van der Waals surface area (Å²) in [5.74, 6) is 0.0939. The fraction of sp³-hybridized carbons (Fsp3) is 0.588. The molecule has 114 valence electrons. The van der Waals surface area contributed by atoms with Gasteiger partial charge in [-0.2, -0.15) is 0 Å². The second kappa shape index (κ2) is 6.06. The third kappa shape index (κ3) is 2.91. The highest BCUT2D eigenvalue weighted by molar-refractivity contribution is 5.95. The number of nitrogens with zero attached hydrogens (tertiary/aromatic N) is 1. The van der Waals surface area contributed by atoms with Gasteiger partial charge < -0.3 is 16.0 Å². The SMILES string of the molecule is NCC1(C(=O)Nc2ccc(N3CCCC3)cc2)CCCC1. The van der Waals surface area contributed by atoms with Crippen LogP contribution in [0.3, 0.4) is 0 Å². The van der Waals surface area contributed by atoms with Gasteiger partial charge >= 0.3 is 0 Å². The van der Waals surface area contributed by atoms with Crippen molar-refractivity contribution in [2.75, 3.05) is 29.9 Å². The van der Waals surface area contributed by atoms with Gasteiger partial charge in [0.1, 0.15) is 0 Å². The van der Waals surface area contributed by atoms with Crippen LogP contribution in [-0.4, -0.2) is 25.5 Å². The predicted octanol–water partition coefficient (Wildman–Crippen LogP) is 2.74. The predicted molar refractivity (Wildman–Crippen MR) is 86.5 cm³/mol. The Balaban J connectivity index is 1.66. The van der Waals surface area contributed by atoms with Crippen molar-refractivity contribution in [1.82, 2.24) is 0 Å². The molecule has 4 nitrogen and oxygen atoms in total. The van der Waals surface area contributed by atoms with Gasteiger partial charge in [-0.1, -0.05) is 12.8 Å². The topological polar surface area (TPSA) is 58.4 Å². The first-order valence-corrected chi connectivity index (χ1v) is 8.10. The zero-order valence-electron chi connectivity index (χ0n) is 12.6. The van der Waals surface area contributed by atoms with E-state index in [4.69, 9.17) is 5.73 Å². The van der Waals surface area contributed by atoms with Crippen molar-refractivity contribution in [2.24, 2.45) is 11.1 Å². The molecule has 1 aromatic carbocycles. The first-order valence-electron chi connectivity index (χ1n) is 8.10. The van der Waals surface area contributed by atoms with Crippen LogP contribution in [0.1, 0.15) is 38.5 Å². The maximum atomic E-state index is 12.5. The molecule has 1 heterocycles. The normalized spacial score (nSPS) is 20.7. The van der Waals surface area contributed by atoms with Crippen molar-refractivity contribution in [1.29, 1.82) is 0 Å². The highest BCUT2D eigenvalue weighted by Crippen LogP contribution is 2.38. The van der Waals surface area contributed by atoms with Gasteiger partial charge in [0.25, 0.3) is 0 Å². The highest BCUT2D eigenvalue weighted by atomic mass is 16.2. The molecule has 2 fully saturated rings. The molecule has 1 aliphatic heterocycles. The zero-order chi connectivity index (χ0) is 14.7. The average molecular weight is 287 g/mol. The number of benzene rings is 1. The number of rotatable bonds is 4. The molecule has 21 heavy (non-hydrogen) atoms. The van der Waals surface area contributed by atoms with E-state index in [2.05, 4.69) is 22.3 Å². The van der Waals surface area contributed by atoms with E-state index >= 15 is 0 Å². The Kier molecular flexibility index (Phi) is 4.15. The molecule has 1 amide bonds. The lowest BCUT2D eigenvalue weighted by molar-refractivity contribution is -0.124. The first kappa shape index (κ1) is 14.4. The Hall–Kier alpha value is -1.55. The van der Waals surface area contributed by atoms with E-state index < -0.39 is 0 Å². The Morgan fingerprint density at radius 1 is 1.10 bits per heavy atom. The lowest BCUT2D eigenvalue weighted by atomic mass is 9.85. The maximum Gasteiger partial charge on any atom is 0.231 e. The van der Waals surface area contributed by atoms with Crippen molar-refractivity contribution in [3.8, 4) is 0 Å². The number of carbonyl (C=O) groups is 1. The summed E-state index contributed by atoms with van der Waals surface area (Å²) in [6.45, 7) is 2.73. The fourth-order valence-corrected chi connectivity index (χ4v) is 3.57. The van der Waals surface area contributed by atoms with E-state index in [0.29, 0.717) is 6.54 Å². The van der Waals surface area contributed by atoms with Crippen LogP contribution in [0, 0.1) is 5.41 Å². The number of nitrogens with one attached hydrogen (secondary N) is 1. The minimum atomic E-state index is -0.340. The van der Waals surface area contributed by atoms with Crippen molar-refractivity contribution in [3.05, 3.63) is 24.3 Å². The molecule has 0 aromatic heterocycles. The molecule has 1 aliphatic carbocycles. The van der Waals surface area contributed by atoms with Crippen LogP contribution in [-0.2, 0) is 4.79 Å². The number of anilines is 2. The summed E-state index contributed by atoms with van der Waals surface area (Å²) in [7, 11) is 0. The molecular weight excluding hydrogens is 262 g/mol. The molecule has 0 atom stereocenters. The second-order valence-electron chi connectivity index (χ2n) is 6.39. The summed E-state index contributed by atoms with van der Waals surface area (Å²) in [6.07, 6.45) is 6.61. The van der Waals surface area contributed by atoms with Gasteiger partial charge in [-0.15, -0.1) is 0 Å². The van der Waals surface area contributed by atoms with E-state index in [1.807, 2.05) is 12.1 Å². The summed E-state index contributed by atoms with van der Waals surface area (Å²) >= 11 is 0. The lowest BCUT2D eigenvalue weighted by Gasteiger charge is -2.26. The Labute approximate surface area is 126 Å². The average Bonchev–Trinajstić information content (AvgIpc) is 3.20. The summed E-state index contributed by atoms with van der Waals surface area (Å²) in [6, 6.07) is 8.21. The van der Waals surface area contributed by atoms with Crippen molar-refractivity contribution < 1.29 is 4.79 Å². The van der Waals surface area contributed by atoms with E-state index in [0.717, 1.165) is 44.5 Å². The molecule has 0 bridgehead atoms. The molecule has 0 radical (unpaired) electrons. The fourth-order valence-electron chi connectivity index (χ4n) is 3.57. The van der Waals surface area contributed by atoms with E-state index in [9.17, 15) is 4.79 Å². The molecule has 2 aliphatic rings. The monoisotopic (exact) mass is 287 g/mol. The quantitative estimate of drug-likeness (QED) is 0.895. The minimum absolute atomic E-state index is 0.0939. The van der Waals surface area contributed by atoms with E-state index in [1.54, 1.807) is 0 Å². The molecule has 3 rings (SSSR count). The third-order valence-corrected chi connectivity index (χ3v) is 5.03. The number of hydrogen-bond donors (Lipinski definition) is 2. The Morgan fingerprint density at radius 3 is 2.29 bits per heavy atom. The van der Waals surface area contributed by atoms with Gasteiger partial charge in [-0.05, 0) is 49.9 Å². The maximum absolute atomic E-state index is 12.5. The summed E-state index contributed by atoms with van der Waals surface area (Å²) in [5, 5.41) is 3.06. The second-order valence-corrected chi connectivity index (χ2v) is 6.39. The summed E-state index contributed by atoms with van der Waals surface area (Å²) in [4.78, 5) is 14.9. The summed E-state index contributed by atoms with van der Waals surface area (Å²) < 4.78 is 0. The lowest BCUT2D eigenvalue weighted by Crippen LogP contribution is -2.40. The van der Waals surface area contributed by atoms with Crippen LogP contribution < -0.4 is 16.0 Å². The standard InChI is InChI=1S/C17H25N3O/c18-13-17(9-1-2-10-17)16(21)19-14-5-7-15(8-6-14)20-11-3-4-12-20/h5-8H,1-4,9-13,18H2,(H,19,21). The van der Waals surface area contributed by atoms with Crippen LogP contribution in [0.15, 0.2) is 24.3 Å². The van der Waals surface area contributed by atoms with Crippen molar-refractivity contribution in [3.63, 3.8) is 0 Å². The van der Waals surface area contributed by atoms with Crippen LogP contribution in [0.25, 0.3) is 0 Å². The Bertz CT molecular complexity index is 485. The van der Waals surface area contributed by atoms with Crippen LogP contribution in [0.2, 0.25) is 0 Å². The van der Waals surface area contributed by atoms with Gasteiger partial charge in [-0.3, -0.25) is 4.79 Å². The molecule has 3 N–H and O–H groups in total. The van der Waals surface area contributed by atoms with Gasteiger partial charge in [0, 0.05) is 31.0 Å². The molecule has 1 aromatic rings. The molecule has 1 saturated carbocycles. The highest BCUT2D eigenvalue weighted by Gasteiger charge is 2.39. The molecule has 1 saturated heterocycles. The smallest absolute Gasteiger partial charge is 0.231 e. The number of amides is 1.